The Morgan fingerprint density at radius 2 is 1.86 bits per heavy atom. The van der Waals surface area contributed by atoms with Crippen LogP contribution >= 0.6 is 12.6 Å². The molecule has 14 heavy (non-hydrogen) atoms. The molecule has 0 aromatic heterocycles. The zero-order valence-corrected chi connectivity index (χ0v) is 9.85. The minimum atomic E-state index is -0.0476. The molecular formula is C11H21NOS. The Hall–Kier alpha value is -0.440. The molecule has 0 bridgehead atoms. The Kier molecular flexibility index (Phi) is 10.3. The van der Waals surface area contributed by atoms with Gasteiger partial charge in [-0.2, -0.15) is 12.6 Å². The van der Waals surface area contributed by atoms with Crippen LogP contribution in [0, 0.1) is 0 Å². The van der Waals surface area contributed by atoms with E-state index in [9.17, 15) is 4.79 Å². The average molecular weight is 215 g/mol. The second-order valence-electron chi connectivity index (χ2n) is 3.37. The highest BCUT2D eigenvalue weighted by atomic mass is 32.1. The van der Waals surface area contributed by atoms with E-state index >= 15 is 0 Å². The Balaban J connectivity index is 3.09. The van der Waals surface area contributed by atoms with Crippen LogP contribution in [0.4, 0.5) is 0 Å². The number of unbranched alkanes of at least 4 members (excludes halogenated alkanes) is 5. The van der Waals surface area contributed by atoms with Crippen LogP contribution in [0.1, 0.15) is 45.4 Å². The first-order valence-corrected chi connectivity index (χ1v) is 5.91. The van der Waals surface area contributed by atoms with Crippen LogP contribution in [-0.4, -0.2) is 12.5 Å². The summed E-state index contributed by atoms with van der Waals surface area (Å²) in [6.45, 7) is 2.99. The van der Waals surface area contributed by atoms with Crippen molar-refractivity contribution < 1.29 is 4.79 Å². The van der Waals surface area contributed by atoms with Crippen molar-refractivity contribution in [2.75, 3.05) is 6.54 Å². The van der Waals surface area contributed by atoms with Crippen molar-refractivity contribution in [2.45, 2.75) is 45.4 Å². The summed E-state index contributed by atoms with van der Waals surface area (Å²) < 4.78 is 0. The van der Waals surface area contributed by atoms with Crippen LogP contribution in [0.3, 0.4) is 0 Å². The van der Waals surface area contributed by atoms with Gasteiger partial charge in [-0.1, -0.05) is 39.0 Å². The molecule has 0 saturated heterocycles. The summed E-state index contributed by atoms with van der Waals surface area (Å²) in [5.41, 5.74) is 0. The van der Waals surface area contributed by atoms with E-state index in [1.54, 1.807) is 0 Å². The molecule has 2 nitrogen and oxygen atoms in total. The van der Waals surface area contributed by atoms with Gasteiger partial charge in [-0.05, 0) is 11.8 Å². The van der Waals surface area contributed by atoms with E-state index in [2.05, 4.69) is 24.9 Å². The first-order chi connectivity index (χ1) is 6.81. The maximum Gasteiger partial charge on any atom is 0.244 e. The summed E-state index contributed by atoms with van der Waals surface area (Å²) in [6.07, 6.45) is 8.94. The number of nitrogens with one attached hydrogen (secondary N) is 1. The van der Waals surface area contributed by atoms with Gasteiger partial charge in [0.25, 0.3) is 0 Å². The maximum absolute atomic E-state index is 10.9. The highest BCUT2D eigenvalue weighted by molar-refractivity contribution is 7.83. The van der Waals surface area contributed by atoms with Crippen molar-refractivity contribution in [3.05, 3.63) is 11.5 Å². The lowest BCUT2D eigenvalue weighted by molar-refractivity contribution is -0.116. The molecule has 0 aromatic carbocycles. The fraction of sp³-hybridized carbons (Fsp3) is 0.727. The predicted octanol–water partition coefficient (Wildman–Crippen LogP) is 2.91. The Morgan fingerprint density at radius 3 is 2.50 bits per heavy atom. The zero-order valence-electron chi connectivity index (χ0n) is 8.96. The quantitative estimate of drug-likeness (QED) is 0.364. The van der Waals surface area contributed by atoms with Gasteiger partial charge in [0.15, 0.2) is 0 Å². The van der Waals surface area contributed by atoms with E-state index in [4.69, 9.17) is 0 Å². The molecule has 0 aliphatic carbocycles. The molecule has 0 unspecified atom stereocenters. The van der Waals surface area contributed by atoms with Crippen LogP contribution in [0.25, 0.3) is 0 Å². The van der Waals surface area contributed by atoms with Crippen molar-refractivity contribution in [1.29, 1.82) is 0 Å². The van der Waals surface area contributed by atoms with Crippen LogP contribution in [0.2, 0.25) is 0 Å². The first kappa shape index (κ1) is 13.6. The van der Waals surface area contributed by atoms with E-state index < -0.39 is 0 Å². The molecule has 0 rings (SSSR count). The number of hydrogen-bond acceptors (Lipinski definition) is 2. The van der Waals surface area contributed by atoms with Gasteiger partial charge in [-0.3, -0.25) is 4.79 Å². The minimum absolute atomic E-state index is 0.0476. The predicted molar refractivity (Wildman–Crippen MR) is 64.5 cm³/mol. The largest absolute Gasteiger partial charge is 0.353 e. The lowest BCUT2D eigenvalue weighted by Gasteiger charge is -2.01. The van der Waals surface area contributed by atoms with Crippen LogP contribution in [0.5, 0.6) is 0 Å². The topological polar surface area (TPSA) is 29.1 Å². The molecule has 0 saturated carbocycles. The molecule has 0 radical (unpaired) electrons. The molecule has 3 heteroatoms. The monoisotopic (exact) mass is 215 g/mol. The molecule has 0 atom stereocenters. The van der Waals surface area contributed by atoms with E-state index in [1.807, 2.05) is 0 Å². The summed E-state index contributed by atoms with van der Waals surface area (Å²) in [6, 6.07) is 0. The number of carbonyl (C=O) groups is 1. The number of rotatable bonds is 8. The fourth-order valence-corrected chi connectivity index (χ4v) is 1.38. The normalized spacial score (nSPS) is 10.7. The minimum Gasteiger partial charge on any atom is -0.353 e. The van der Waals surface area contributed by atoms with Gasteiger partial charge in [0.2, 0.25) is 5.91 Å². The summed E-state index contributed by atoms with van der Waals surface area (Å²) in [7, 11) is 0. The fourth-order valence-electron chi connectivity index (χ4n) is 1.24. The van der Waals surface area contributed by atoms with Crippen LogP contribution < -0.4 is 5.32 Å². The van der Waals surface area contributed by atoms with Gasteiger partial charge in [-0.15, -0.1) is 0 Å². The molecule has 0 aliphatic rings. The molecule has 0 fully saturated rings. The lowest BCUT2D eigenvalue weighted by Crippen LogP contribution is -2.21. The SMILES string of the molecule is CCCCCCCCNC(=O)C=CS. The van der Waals surface area contributed by atoms with Crippen LogP contribution in [0.15, 0.2) is 11.5 Å². The Morgan fingerprint density at radius 1 is 1.21 bits per heavy atom. The summed E-state index contributed by atoms with van der Waals surface area (Å²) in [5, 5.41) is 4.25. The van der Waals surface area contributed by atoms with Crippen molar-refractivity contribution in [3.63, 3.8) is 0 Å². The molecule has 1 amide bonds. The molecular weight excluding hydrogens is 194 g/mol. The second-order valence-corrected chi connectivity index (χ2v) is 3.67. The third-order valence-corrected chi connectivity index (χ3v) is 2.20. The lowest BCUT2D eigenvalue weighted by atomic mass is 10.1. The van der Waals surface area contributed by atoms with E-state index in [0.717, 1.165) is 13.0 Å². The van der Waals surface area contributed by atoms with Crippen molar-refractivity contribution >= 4 is 18.5 Å². The number of amides is 1. The van der Waals surface area contributed by atoms with Crippen LogP contribution in [-0.2, 0) is 4.79 Å². The first-order valence-electron chi connectivity index (χ1n) is 5.39. The van der Waals surface area contributed by atoms with Gasteiger partial charge in [-0.25, -0.2) is 0 Å². The third kappa shape index (κ3) is 9.65. The standard InChI is InChI=1S/C11H21NOS/c1-2-3-4-5-6-7-9-12-11(13)8-10-14/h8,10,14H,2-7,9H2,1H3,(H,12,13). The summed E-state index contributed by atoms with van der Waals surface area (Å²) >= 11 is 3.82. The summed E-state index contributed by atoms with van der Waals surface area (Å²) in [4.78, 5) is 10.9. The molecule has 0 spiro atoms. The zero-order chi connectivity index (χ0) is 10.6. The molecule has 1 N–H and O–H groups in total. The number of hydrogen-bond donors (Lipinski definition) is 2. The van der Waals surface area contributed by atoms with E-state index in [-0.39, 0.29) is 5.91 Å². The second kappa shape index (κ2) is 10.6. The maximum atomic E-state index is 10.9. The smallest absolute Gasteiger partial charge is 0.244 e. The van der Waals surface area contributed by atoms with Gasteiger partial charge in [0, 0.05) is 12.6 Å². The van der Waals surface area contributed by atoms with Gasteiger partial charge in [0.1, 0.15) is 0 Å². The molecule has 0 heterocycles. The average Bonchev–Trinajstić information content (AvgIpc) is 2.17. The number of carbonyl (C=O) groups excluding carboxylic acids is 1. The highest BCUT2D eigenvalue weighted by Crippen LogP contribution is 2.03. The highest BCUT2D eigenvalue weighted by Gasteiger charge is 1.93. The molecule has 0 aromatic rings. The summed E-state index contributed by atoms with van der Waals surface area (Å²) in [5.74, 6) is -0.0476. The third-order valence-electron chi connectivity index (χ3n) is 2.06. The Bertz CT molecular complexity index is 169. The van der Waals surface area contributed by atoms with Gasteiger partial charge >= 0.3 is 0 Å². The molecule has 0 aliphatic heterocycles. The van der Waals surface area contributed by atoms with E-state index in [0.29, 0.717) is 0 Å². The van der Waals surface area contributed by atoms with Gasteiger partial charge in [0.05, 0.1) is 0 Å². The van der Waals surface area contributed by atoms with Gasteiger partial charge < -0.3 is 5.32 Å². The van der Waals surface area contributed by atoms with Crippen molar-refractivity contribution in [2.24, 2.45) is 0 Å². The number of thiol groups is 1. The Labute approximate surface area is 92.6 Å². The van der Waals surface area contributed by atoms with Crippen molar-refractivity contribution in [1.82, 2.24) is 5.32 Å². The molecule has 82 valence electrons. The van der Waals surface area contributed by atoms with E-state index in [1.165, 1.54) is 43.6 Å². The van der Waals surface area contributed by atoms with Crippen molar-refractivity contribution in [3.8, 4) is 0 Å².